The number of alkyl halides is 4. The number of carbonyl (C=O) groups is 1. The summed E-state index contributed by atoms with van der Waals surface area (Å²) in [6, 6.07) is 0. The first-order valence-electron chi connectivity index (χ1n) is 2.98. The van der Waals surface area contributed by atoms with Crippen molar-refractivity contribution in [3.05, 3.63) is 12.7 Å². The van der Waals surface area contributed by atoms with Gasteiger partial charge in [0.1, 0.15) is 0 Å². The van der Waals surface area contributed by atoms with E-state index in [9.17, 15) is 22.4 Å². The lowest BCUT2D eigenvalue weighted by Crippen LogP contribution is -2.45. The molecule has 6 heteroatoms. The Morgan fingerprint density at radius 1 is 1.58 bits per heavy atom. The zero-order valence-electron chi connectivity index (χ0n) is 5.99. The molecule has 0 saturated heterocycles. The predicted octanol–water partition coefficient (Wildman–Crippen LogP) is 1.19. The van der Waals surface area contributed by atoms with Crippen LogP contribution < -0.4 is 5.32 Å². The third kappa shape index (κ3) is 2.52. The van der Waals surface area contributed by atoms with Crippen molar-refractivity contribution in [1.82, 2.24) is 5.32 Å². The van der Waals surface area contributed by atoms with Gasteiger partial charge >= 0.3 is 12.3 Å². The highest BCUT2D eigenvalue weighted by Crippen LogP contribution is 2.22. The van der Waals surface area contributed by atoms with Crippen LogP contribution in [-0.2, 0) is 4.79 Å². The third-order valence-electron chi connectivity index (χ3n) is 0.984. The second-order valence-electron chi connectivity index (χ2n) is 1.92. The van der Waals surface area contributed by atoms with Gasteiger partial charge in [0, 0.05) is 6.54 Å². The summed E-state index contributed by atoms with van der Waals surface area (Å²) < 4.78 is 47.0. The fourth-order valence-corrected chi connectivity index (χ4v) is 0.382. The van der Waals surface area contributed by atoms with Crippen molar-refractivity contribution in [3.63, 3.8) is 0 Å². The number of nitrogens with one attached hydrogen (secondary N) is 1. The first kappa shape index (κ1) is 10.9. The maximum absolute atomic E-state index is 12.1. The largest absolute Gasteiger partial charge is 0.383 e. The molecular formula is C6H7F4NO. The molecule has 0 aliphatic heterocycles. The Morgan fingerprint density at radius 2 is 2.08 bits per heavy atom. The highest BCUT2D eigenvalue weighted by molar-refractivity contribution is 5.83. The van der Waals surface area contributed by atoms with Gasteiger partial charge in [0.2, 0.25) is 0 Å². The van der Waals surface area contributed by atoms with Crippen LogP contribution in [0.15, 0.2) is 12.7 Å². The smallest absolute Gasteiger partial charge is 0.347 e. The zero-order chi connectivity index (χ0) is 9.78. The first-order valence-corrected chi connectivity index (χ1v) is 2.98. The van der Waals surface area contributed by atoms with E-state index in [0.717, 1.165) is 6.08 Å². The molecule has 12 heavy (non-hydrogen) atoms. The van der Waals surface area contributed by atoms with E-state index in [1.165, 1.54) is 0 Å². The van der Waals surface area contributed by atoms with Crippen molar-refractivity contribution < 1.29 is 22.4 Å². The summed E-state index contributed by atoms with van der Waals surface area (Å²) in [7, 11) is 0. The van der Waals surface area contributed by atoms with Gasteiger partial charge in [-0.05, 0) is 0 Å². The van der Waals surface area contributed by atoms with Crippen LogP contribution in [0.2, 0.25) is 0 Å². The summed E-state index contributed by atoms with van der Waals surface area (Å²) in [5, 5.41) is 1.57. The Bertz CT molecular complexity index is 180. The Hall–Kier alpha value is -1.07. The van der Waals surface area contributed by atoms with Gasteiger partial charge in [0.15, 0.2) is 0 Å². The molecule has 0 spiro atoms. The summed E-state index contributed by atoms with van der Waals surface area (Å²) in [5.41, 5.74) is 0. The van der Waals surface area contributed by atoms with Gasteiger partial charge in [-0.25, -0.2) is 8.78 Å². The van der Waals surface area contributed by atoms with Crippen LogP contribution in [0.5, 0.6) is 0 Å². The van der Waals surface area contributed by atoms with Crippen molar-refractivity contribution in [3.8, 4) is 0 Å². The molecule has 0 aromatic rings. The van der Waals surface area contributed by atoms with Crippen LogP contribution in [0.25, 0.3) is 0 Å². The zero-order valence-corrected chi connectivity index (χ0v) is 5.99. The number of carbonyl (C=O) groups excluding carboxylic acids is 1. The lowest BCUT2D eigenvalue weighted by Gasteiger charge is -2.13. The van der Waals surface area contributed by atoms with Crippen molar-refractivity contribution in [1.29, 1.82) is 0 Å². The number of halogens is 4. The summed E-state index contributed by atoms with van der Waals surface area (Å²) >= 11 is 0. The third-order valence-corrected chi connectivity index (χ3v) is 0.984. The van der Waals surface area contributed by atoms with Crippen LogP contribution in [0.3, 0.4) is 0 Å². The SMILES string of the molecule is C=CCNC(=O)C(F)(F)C(F)F. The highest BCUT2D eigenvalue weighted by atomic mass is 19.3. The monoisotopic (exact) mass is 185 g/mol. The fraction of sp³-hybridized carbons (Fsp3) is 0.500. The molecule has 0 aliphatic rings. The number of hydrogen-bond acceptors (Lipinski definition) is 1. The minimum atomic E-state index is -4.62. The second-order valence-corrected chi connectivity index (χ2v) is 1.92. The number of hydrogen-bond donors (Lipinski definition) is 1. The Morgan fingerprint density at radius 3 is 2.42 bits per heavy atom. The van der Waals surface area contributed by atoms with Gasteiger partial charge in [0.25, 0.3) is 5.91 Å². The van der Waals surface area contributed by atoms with E-state index in [1.54, 1.807) is 5.32 Å². The molecule has 0 saturated carbocycles. The maximum atomic E-state index is 12.1. The standard InChI is InChI=1S/C6H7F4NO/c1-2-3-11-5(12)6(9,10)4(7)8/h2,4H,1,3H2,(H,11,12). The van der Waals surface area contributed by atoms with E-state index in [4.69, 9.17) is 0 Å². The van der Waals surface area contributed by atoms with Crippen LogP contribution in [-0.4, -0.2) is 24.8 Å². The molecule has 0 radical (unpaired) electrons. The molecule has 1 N–H and O–H groups in total. The molecule has 0 aromatic carbocycles. The van der Waals surface area contributed by atoms with E-state index in [2.05, 4.69) is 6.58 Å². The quantitative estimate of drug-likeness (QED) is 0.517. The van der Waals surface area contributed by atoms with E-state index in [0.29, 0.717) is 0 Å². The Balaban J connectivity index is 4.15. The van der Waals surface area contributed by atoms with E-state index in [-0.39, 0.29) is 6.54 Å². The van der Waals surface area contributed by atoms with Crippen molar-refractivity contribution in [2.24, 2.45) is 0 Å². The summed E-state index contributed by atoms with van der Waals surface area (Å²) in [6.45, 7) is 2.85. The first-order chi connectivity index (χ1) is 5.42. The van der Waals surface area contributed by atoms with Crippen LogP contribution in [0.1, 0.15) is 0 Å². The molecule has 70 valence electrons. The van der Waals surface area contributed by atoms with Gasteiger partial charge in [-0.15, -0.1) is 6.58 Å². The molecule has 0 atom stereocenters. The van der Waals surface area contributed by atoms with Gasteiger partial charge in [0.05, 0.1) is 0 Å². The average Bonchev–Trinajstić information content (AvgIpc) is 1.99. The number of rotatable bonds is 4. The van der Waals surface area contributed by atoms with Crippen molar-refractivity contribution >= 4 is 5.91 Å². The van der Waals surface area contributed by atoms with Gasteiger partial charge < -0.3 is 5.32 Å². The molecule has 0 heterocycles. The Kier molecular flexibility index (Phi) is 3.72. The normalized spacial score (nSPS) is 11.4. The molecular weight excluding hydrogens is 178 g/mol. The van der Waals surface area contributed by atoms with Gasteiger partial charge in [-0.3, -0.25) is 4.79 Å². The summed E-state index contributed by atoms with van der Waals surface area (Å²) in [6.07, 6.45) is -2.87. The lowest BCUT2D eigenvalue weighted by atomic mass is 10.3. The molecule has 2 nitrogen and oxygen atoms in total. The van der Waals surface area contributed by atoms with Crippen LogP contribution in [0.4, 0.5) is 17.6 Å². The average molecular weight is 185 g/mol. The minimum absolute atomic E-state index is 0.263. The number of amides is 1. The lowest BCUT2D eigenvalue weighted by molar-refractivity contribution is -0.169. The fourth-order valence-electron chi connectivity index (χ4n) is 0.382. The molecule has 0 aromatic heterocycles. The van der Waals surface area contributed by atoms with Crippen LogP contribution in [0, 0.1) is 0 Å². The molecule has 0 unspecified atom stereocenters. The topological polar surface area (TPSA) is 29.1 Å². The molecule has 0 fully saturated rings. The van der Waals surface area contributed by atoms with E-state index in [1.807, 2.05) is 0 Å². The maximum Gasteiger partial charge on any atom is 0.383 e. The van der Waals surface area contributed by atoms with Gasteiger partial charge in [-0.1, -0.05) is 6.08 Å². The Labute approximate surface area is 66.2 Å². The molecule has 1 amide bonds. The van der Waals surface area contributed by atoms with Gasteiger partial charge in [-0.2, -0.15) is 8.78 Å². The summed E-state index contributed by atoms with van der Waals surface area (Å²) in [5.74, 6) is -6.61. The van der Waals surface area contributed by atoms with E-state index >= 15 is 0 Å². The van der Waals surface area contributed by atoms with E-state index < -0.39 is 18.3 Å². The van der Waals surface area contributed by atoms with Crippen molar-refractivity contribution in [2.75, 3.05) is 6.54 Å². The van der Waals surface area contributed by atoms with Crippen molar-refractivity contribution in [2.45, 2.75) is 12.3 Å². The summed E-state index contributed by atoms with van der Waals surface area (Å²) in [4.78, 5) is 10.3. The van der Waals surface area contributed by atoms with Crippen LogP contribution >= 0.6 is 0 Å². The predicted molar refractivity (Wildman–Crippen MR) is 34.2 cm³/mol. The molecule has 0 rings (SSSR count). The molecule has 0 bridgehead atoms. The molecule has 0 aliphatic carbocycles. The highest BCUT2D eigenvalue weighted by Gasteiger charge is 2.48. The minimum Gasteiger partial charge on any atom is -0.347 e. The second kappa shape index (κ2) is 4.08.